The van der Waals surface area contributed by atoms with Crippen molar-refractivity contribution >= 4 is 22.4 Å². The van der Waals surface area contributed by atoms with E-state index in [4.69, 9.17) is 14.2 Å². The van der Waals surface area contributed by atoms with Gasteiger partial charge in [0.15, 0.2) is 17.3 Å². The fourth-order valence-corrected chi connectivity index (χ4v) is 4.20. The lowest BCUT2D eigenvalue weighted by atomic mass is 10.2. The molecule has 0 aliphatic carbocycles. The van der Waals surface area contributed by atoms with Crippen molar-refractivity contribution in [1.29, 1.82) is 0 Å². The number of benzene rings is 2. The van der Waals surface area contributed by atoms with Crippen molar-refractivity contribution in [3.05, 3.63) is 62.9 Å². The Morgan fingerprint density at radius 2 is 1.81 bits per heavy atom. The maximum Gasteiger partial charge on any atom is 0.291 e. The molecule has 0 saturated carbocycles. The number of ether oxygens (including phenoxy) is 3. The lowest BCUT2D eigenvalue weighted by Gasteiger charge is -2.07. The quantitative estimate of drug-likeness (QED) is 0.359. The van der Waals surface area contributed by atoms with Crippen LogP contribution in [0.1, 0.15) is 31.7 Å². The predicted octanol–water partition coefficient (Wildman–Crippen LogP) is 3.95. The number of hydrogen-bond donors (Lipinski definition) is 0. The van der Waals surface area contributed by atoms with Crippen LogP contribution in [0, 0.1) is 0 Å². The van der Waals surface area contributed by atoms with E-state index in [1.54, 1.807) is 26.4 Å². The molecule has 8 heteroatoms. The summed E-state index contributed by atoms with van der Waals surface area (Å²) in [5, 5.41) is 4.42. The molecule has 2 aromatic heterocycles. The molecule has 0 saturated heterocycles. The van der Waals surface area contributed by atoms with Crippen LogP contribution in [0.5, 0.6) is 17.2 Å². The van der Waals surface area contributed by atoms with Gasteiger partial charge >= 0.3 is 0 Å². The molecule has 0 bridgehead atoms. The summed E-state index contributed by atoms with van der Waals surface area (Å²) in [4.78, 5) is 17.9. The highest BCUT2D eigenvalue weighted by molar-refractivity contribution is 7.15. The summed E-state index contributed by atoms with van der Waals surface area (Å²) in [6, 6.07) is 13.1. The molecule has 0 aliphatic heterocycles. The minimum Gasteiger partial charge on any atom is -0.494 e. The van der Waals surface area contributed by atoms with Crippen molar-refractivity contribution in [2.45, 2.75) is 26.2 Å². The van der Waals surface area contributed by atoms with Gasteiger partial charge in [-0.1, -0.05) is 37.2 Å². The maximum atomic E-state index is 12.8. The zero-order valence-electron chi connectivity index (χ0n) is 18.3. The van der Waals surface area contributed by atoms with Gasteiger partial charge in [0, 0.05) is 5.56 Å². The molecule has 0 spiro atoms. The normalized spacial score (nSPS) is 11.8. The van der Waals surface area contributed by atoms with E-state index < -0.39 is 0 Å². The van der Waals surface area contributed by atoms with Gasteiger partial charge in [-0.25, -0.2) is 0 Å². The first-order valence-corrected chi connectivity index (χ1v) is 11.3. The highest BCUT2D eigenvalue weighted by Crippen LogP contribution is 2.27. The van der Waals surface area contributed by atoms with Crippen LogP contribution < -0.4 is 24.3 Å². The van der Waals surface area contributed by atoms with E-state index in [0.717, 1.165) is 29.7 Å². The molecule has 166 valence electrons. The van der Waals surface area contributed by atoms with Crippen LogP contribution in [0.15, 0.2) is 47.3 Å². The van der Waals surface area contributed by atoms with Crippen LogP contribution in [0.3, 0.4) is 0 Å². The molecule has 4 aromatic rings. The van der Waals surface area contributed by atoms with Gasteiger partial charge in [-0.3, -0.25) is 4.79 Å². The van der Waals surface area contributed by atoms with E-state index in [2.05, 4.69) is 17.0 Å². The van der Waals surface area contributed by atoms with Crippen molar-refractivity contribution < 1.29 is 14.2 Å². The van der Waals surface area contributed by atoms with Crippen molar-refractivity contribution in [3.8, 4) is 28.6 Å². The topological polar surface area (TPSA) is 75.0 Å². The average molecular weight is 452 g/mol. The molecule has 2 aromatic carbocycles. The Kier molecular flexibility index (Phi) is 6.70. The predicted molar refractivity (Wildman–Crippen MR) is 126 cm³/mol. The molecule has 0 radical (unpaired) electrons. The highest BCUT2D eigenvalue weighted by atomic mass is 32.1. The fraction of sp³-hybridized carbons (Fsp3) is 0.292. The largest absolute Gasteiger partial charge is 0.494 e. The number of aromatic nitrogens is 3. The number of thiazole rings is 1. The molecular formula is C24H25N3O4S. The molecule has 0 amide bonds. The van der Waals surface area contributed by atoms with E-state index >= 15 is 0 Å². The van der Waals surface area contributed by atoms with Gasteiger partial charge in [0.2, 0.25) is 4.96 Å². The number of methoxy groups -OCH3 is 2. The molecule has 4 rings (SSSR count). The molecule has 32 heavy (non-hydrogen) atoms. The van der Waals surface area contributed by atoms with Crippen LogP contribution >= 0.6 is 11.3 Å². The maximum absolute atomic E-state index is 12.8. The zero-order chi connectivity index (χ0) is 22.5. The standard InChI is InChI=1S/C24H25N3O4S/c1-4-5-6-13-31-18-10-8-17(9-11-18)22-25-24-27(26-22)23(28)21(32-24)15-16-7-12-19(29-2)20(14-16)30-3/h7-12,14-15H,4-6,13H2,1-3H3. The van der Waals surface area contributed by atoms with E-state index in [9.17, 15) is 4.79 Å². The summed E-state index contributed by atoms with van der Waals surface area (Å²) in [6.45, 7) is 2.88. The second-order valence-electron chi connectivity index (χ2n) is 7.24. The SMILES string of the molecule is CCCCCOc1ccc(-c2nc3sc(=Cc4ccc(OC)c(OC)c4)c(=O)n3n2)cc1. The number of hydrogen-bond acceptors (Lipinski definition) is 7. The lowest BCUT2D eigenvalue weighted by molar-refractivity contribution is 0.306. The molecule has 0 N–H and O–H groups in total. The van der Waals surface area contributed by atoms with Crippen LogP contribution in [0.2, 0.25) is 0 Å². The summed E-state index contributed by atoms with van der Waals surface area (Å²) in [6.07, 6.45) is 5.18. The summed E-state index contributed by atoms with van der Waals surface area (Å²) >= 11 is 1.30. The van der Waals surface area contributed by atoms with E-state index in [1.165, 1.54) is 22.3 Å². The van der Waals surface area contributed by atoms with Gasteiger partial charge in [-0.2, -0.15) is 9.50 Å². The fourth-order valence-electron chi connectivity index (χ4n) is 3.29. The summed E-state index contributed by atoms with van der Waals surface area (Å²) in [7, 11) is 3.17. The third kappa shape index (κ3) is 4.60. The molecule has 7 nitrogen and oxygen atoms in total. The van der Waals surface area contributed by atoms with Crippen molar-refractivity contribution in [1.82, 2.24) is 14.6 Å². The zero-order valence-corrected chi connectivity index (χ0v) is 19.1. The summed E-state index contributed by atoms with van der Waals surface area (Å²) < 4.78 is 18.2. The third-order valence-electron chi connectivity index (χ3n) is 5.02. The summed E-state index contributed by atoms with van der Waals surface area (Å²) in [5.74, 6) is 2.58. The molecule has 2 heterocycles. The van der Waals surface area contributed by atoms with Gasteiger partial charge in [0.1, 0.15) is 5.75 Å². The first-order chi connectivity index (χ1) is 15.6. The van der Waals surface area contributed by atoms with Crippen molar-refractivity contribution in [3.63, 3.8) is 0 Å². The van der Waals surface area contributed by atoms with Gasteiger partial charge in [-0.15, -0.1) is 5.10 Å². The van der Waals surface area contributed by atoms with E-state index in [0.29, 0.717) is 33.4 Å². The number of unbranched alkanes of at least 4 members (excludes halogenated alkanes) is 2. The van der Waals surface area contributed by atoms with Crippen LogP contribution in [0.4, 0.5) is 0 Å². The van der Waals surface area contributed by atoms with Crippen molar-refractivity contribution in [2.24, 2.45) is 0 Å². The third-order valence-corrected chi connectivity index (χ3v) is 5.98. The molecule has 0 unspecified atom stereocenters. The van der Waals surface area contributed by atoms with Crippen LogP contribution in [-0.4, -0.2) is 35.4 Å². The van der Waals surface area contributed by atoms with Crippen molar-refractivity contribution in [2.75, 3.05) is 20.8 Å². The molecular weight excluding hydrogens is 426 g/mol. The first-order valence-electron chi connectivity index (χ1n) is 10.5. The Labute approximate surface area is 189 Å². The Morgan fingerprint density at radius 3 is 2.50 bits per heavy atom. The number of fused-ring (bicyclic) bond motifs is 1. The second-order valence-corrected chi connectivity index (χ2v) is 8.25. The Morgan fingerprint density at radius 1 is 1.03 bits per heavy atom. The molecule has 0 atom stereocenters. The van der Waals surface area contributed by atoms with Gasteiger partial charge in [0.25, 0.3) is 5.56 Å². The van der Waals surface area contributed by atoms with Gasteiger partial charge in [0.05, 0.1) is 25.4 Å². The average Bonchev–Trinajstić information content (AvgIpc) is 3.36. The smallest absolute Gasteiger partial charge is 0.291 e. The Bertz CT molecular complexity index is 1310. The second kappa shape index (κ2) is 9.82. The number of rotatable bonds is 9. The van der Waals surface area contributed by atoms with E-state index in [-0.39, 0.29) is 5.56 Å². The van der Waals surface area contributed by atoms with Gasteiger partial charge in [-0.05, 0) is 54.5 Å². The monoisotopic (exact) mass is 451 g/mol. The van der Waals surface area contributed by atoms with Crippen LogP contribution in [-0.2, 0) is 0 Å². The summed E-state index contributed by atoms with van der Waals surface area (Å²) in [5.41, 5.74) is 1.47. The molecule has 0 aliphatic rings. The van der Waals surface area contributed by atoms with Crippen LogP contribution in [0.25, 0.3) is 22.4 Å². The van der Waals surface area contributed by atoms with Gasteiger partial charge < -0.3 is 14.2 Å². The first kappa shape index (κ1) is 21.8. The minimum absolute atomic E-state index is 0.200. The lowest BCUT2D eigenvalue weighted by Crippen LogP contribution is -2.23. The minimum atomic E-state index is -0.200. The Hall–Kier alpha value is -3.39. The Balaban J connectivity index is 1.57. The number of nitrogens with zero attached hydrogens (tertiary/aromatic N) is 3. The molecule has 0 fully saturated rings. The van der Waals surface area contributed by atoms with E-state index in [1.807, 2.05) is 36.4 Å². The highest BCUT2D eigenvalue weighted by Gasteiger charge is 2.12.